The second-order valence-corrected chi connectivity index (χ2v) is 6.01. The maximum absolute atomic E-state index is 11.8. The van der Waals surface area contributed by atoms with Gasteiger partial charge in [0.05, 0.1) is 5.69 Å². The molecule has 0 saturated carbocycles. The van der Waals surface area contributed by atoms with E-state index in [9.17, 15) is 9.59 Å². The lowest BCUT2D eigenvalue weighted by Crippen LogP contribution is -2.21. The summed E-state index contributed by atoms with van der Waals surface area (Å²) in [5, 5.41) is 8.97. The number of aromatic amines is 1. The van der Waals surface area contributed by atoms with Crippen LogP contribution in [0.5, 0.6) is 0 Å². The van der Waals surface area contributed by atoms with E-state index >= 15 is 0 Å². The van der Waals surface area contributed by atoms with Gasteiger partial charge in [0, 0.05) is 5.56 Å². The first-order chi connectivity index (χ1) is 9.70. The maximum Gasteiger partial charge on any atom is 0.343 e. The Hall–Kier alpha value is -2.43. The van der Waals surface area contributed by atoms with Crippen molar-refractivity contribution in [3.8, 4) is 11.4 Å². The minimum absolute atomic E-state index is 0.0441. The number of hydrogen-bond acceptors (Lipinski definition) is 3. The molecule has 110 valence electrons. The van der Waals surface area contributed by atoms with Crippen molar-refractivity contribution in [2.45, 2.75) is 33.1 Å². The van der Waals surface area contributed by atoms with Gasteiger partial charge < -0.3 is 10.1 Å². The Kier molecular flexibility index (Phi) is 3.68. The monoisotopic (exact) mass is 286 g/mol. The van der Waals surface area contributed by atoms with E-state index in [1.54, 1.807) is 0 Å². The summed E-state index contributed by atoms with van der Waals surface area (Å²) >= 11 is 0. The van der Waals surface area contributed by atoms with E-state index in [1.807, 2.05) is 24.3 Å². The predicted molar refractivity (Wildman–Crippen MR) is 80.7 cm³/mol. The molecule has 5 nitrogen and oxygen atoms in total. The van der Waals surface area contributed by atoms with Crippen LogP contribution in [0.15, 0.2) is 29.1 Å². The fourth-order valence-corrected chi connectivity index (χ4v) is 2.10. The van der Waals surface area contributed by atoms with Crippen molar-refractivity contribution < 1.29 is 9.90 Å². The highest BCUT2D eigenvalue weighted by Crippen LogP contribution is 2.24. The zero-order valence-corrected chi connectivity index (χ0v) is 12.5. The van der Waals surface area contributed by atoms with Crippen molar-refractivity contribution in [2.24, 2.45) is 0 Å². The zero-order valence-electron chi connectivity index (χ0n) is 12.5. The number of carbonyl (C=O) groups is 1. The first-order valence-corrected chi connectivity index (χ1v) is 6.65. The molecule has 1 aromatic heterocycles. The molecule has 0 unspecified atom stereocenters. The molecule has 0 bridgehead atoms. The van der Waals surface area contributed by atoms with Crippen LogP contribution in [0.2, 0.25) is 0 Å². The molecular formula is C16H18N2O3. The van der Waals surface area contributed by atoms with Crippen LogP contribution in [0.3, 0.4) is 0 Å². The number of hydrogen-bond donors (Lipinski definition) is 2. The molecule has 0 spiro atoms. The molecule has 0 radical (unpaired) electrons. The van der Waals surface area contributed by atoms with Crippen molar-refractivity contribution in [2.75, 3.05) is 0 Å². The van der Waals surface area contributed by atoms with Gasteiger partial charge in [0.2, 0.25) is 0 Å². The number of H-pyrrole nitrogens is 1. The van der Waals surface area contributed by atoms with Crippen LogP contribution >= 0.6 is 0 Å². The molecule has 0 atom stereocenters. The molecular weight excluding hydrogens is 268 g/mol. The van der Waals surface area contributed by atoms with Gasteiger partial charge >= 0.3 is 5.97 Å². The number of carboxylic acids is 1. The van der Waals surface area contributed by atoms with Gasteiger partial charge in [-0.3, -0.25) is 4.79 Å². The van der Waals surface area contributed by atoms with Gasteiger partial charge in [-0.15, -0.1) is 0 Å². The average molecular weight is 286 g/mol. The van der Waals surface area contributed by atoms with E-state index in [4.69, 9.17) is 5.11 Å². The highest BCUT2D eigenvalue weighted by Gasteiger charge is 2.17. The van der Waals surface area contributed by atoms with Crippen LogP contribution < -0.4 is 5.56 Å². The topological polar surface area (TPSA) is 83.0 Å². The summed E-state index contributed by atoms with van der Waals surface area (Å²) in [5.41, 5.74) is 1.23. The highest BCUT2D eigenvalue weighted by molar-refractivity contribution is 5.88. The molecule has 0 fully saturated rings. The van der Waals surface area contributed by atoms with Crippen molar-refractivity contribution in [3.63, 3.8) is 0 Å². The van der Waals surface area contributed by atoms with E-state index in [0.29, 0.717) is 5.82 Å². The van der Waals surface area contributed by atoms with Crippen LogP contribution in [0, 0.1) is 6.92 Å². The molecule has 0 aliphatic rings. The molecule has 5 heteroatoms. The van der Waals surface area contributed by atoms with Crippen LogP contribution in [0.1, 0.15) is 42.4 Å². The summed E-state index contributed by atoms with van der Waals surface area (Å²) in [4.78, 5) is 29.5. The van der Waals surface area contributed by atoms with Crippen LogP contribution in [-0.4, -0.2) is 21.0 Å². The summed E-state index contributed by atoms with van der Waals surface area (Å²) in [6.45, 7) is 7.88. The van der Waals surface area contributed by atoms with E-state index < -0.39 is 11.5 Å². The van der Waals surface area contributed by atoms with E-state index in [0.717, 1.165) is 5.56 Å². The normalized spacial score (nSPS) is 11.4. The van der Waals surface area contributed by atoms with Crippen molar-refractivity contribution in [1.29, 1.82) is 0 Å². The Morgan fingerprint density at radius 2 is 1.76 bits per heavy atom. The molecule has 1 heterocycles. The minimum atomic E-state index is -1.27. The van der Waals surface area contributed by atoms with Crippen LogP contribution in [0.4, 0.5) is 0 Å². The number of carboxylic acid groups (broad SMARTS) is 1. The van der Waals surface area contributed by atoms with Crippen LogP contribution in [-0.2, 0) is 5.41 Å². The molecule has 0 amide bonds. The number of rotatable bonds is 2. The third kappa shape index (κ3) is 3.02. The third-order valence-electron chi connectivity index (χ3n) is 3.34. The first-order valence-electron chi connectivity index (χ1n) is 6.65. The van der Waals surface area contributed by atoms with Crippen molar-refractivity contribution in [1.82, 2.24) is 9.97 Å². The number of aromatic carboxylic acids is 1. The largest absolute Gasteiger partial charge is 0.477 e. The molecule has 0 aliphatic carbocycles. The second kappa shape index (κ2) is 5.16. The summed E-state index contributed by atoms with van der Waals surface area (Å²) in [6.07, 6.45) is 0. The first kappa shape index (κ1) is 15.0. The Morgan fingerprint density at radius 3 is 2.19 bits per heavy atom. The van der Waals surface area contributed by atoms with Gasteiger partial charge in [0.1, 0.15) is 11.4 Å². The highest BCUT2D eigenvalue weighted by atomic mass is 16.4. The van der Waals surface area contributed by atoms with Crippen molar-refractivity contribution in [3.05, 3.63) is 51.4 Å². The van der Waals surface area contributed by atoms with Gasteiger partial charge in [-0.25, -0.2) is 9.78 Å². The lowest BCUT2D eigenvalue weighted by molar-refractivity contribution is 0.0693. The van der Waals surface area contributed by atoms with E-state index in [2.05, 4.69) is 30.7 Å². The summed E-state index contributed by atoms with van der Waals surface area (Å²) < 4.78 is 0. The summed E-state index contributed by atoms with van der Waals surface area (Å²) in [7, 11) is 0. The smallest absolute Gasteiger partial charge is 0.343 e. The molecule has 2 rings (SSSR count). The molecule has 0 aliphatic heterocycles. The SMILES string of the molecule is Cc1nc(-c2ccc(C(C)(C)C)cc2)[nH]c(=O)c1C(=O)O. The molecule has 0 saturated heterocycles. The third-order valence-corrected chi connectivity index (χ3v) is 3.34. The lowest BCUT2D eigenvalue weighted by Gasteiger charge is -2.19. The van der Waals surface area contributed by atoms with Gasteiger partial charge in [0.15, 0.2) is 0 Å². The number of benzene rings is 1. The Morgan fingerprint density at radius 1 is 1.19 bits per heavy atom. The average Bonchev–Trinajstić information content (AvgIpc) is 2.36. The molecule has 2 aromatic rings. The molecule has 2 N–H and O–H groups in total. The number of aromatic nitrogens is 2. The van der Waals surface area contributed by atoms with E-state index in [-0.39, 0.29) is 16.7 Å². The van der Waals surface area contributed by atoms with Gasteiger partial charge in [-0.05, 0) is 17.9 Å². The number of aryl methyl sites for hydroxylation is 1. The quantitative estimate of drug-likeness (QED) is 0.889. The Balaban J connectivity index is 2.49. The Bertz CT molecular complexity index is 738. The minimum Gasteiger partial charge on any atom is -0.477 e. The molecule has 1 aromatic carbocycles. The standard InChI is InChI=1S/C16H18N2O3/c1-9-12(15(20)21)14(19)18-13(17-9)10-5-7-11(8-6-10)16(2,3)4/h5-8H,1-4H3,(H,20,21)(H,17,18,19). The van der Waals surface area contributed by atoms with E-state index in [1.165, 1.54) is 12.5 Å². The Labute approximate surface area is 122 Å². The van der Waals surface area contributed by atoms with Crippen molar-refractivity contribution >= 4 is 5.97 Å². The predicted octanol–water partition coefficient (Wildman–Crippen LogP) is 2.74. The maximum atomic E-state index is 11.8. The molecule has 21 heavy (non-hydrogen) atoms. The zero-order chi connectivity index (χ0) is 15.8. The fourth-order valence-electron chi connectivity index (χ4n) is 2.10. The van der Waals surface area contributed by atoms with Gasteiger partial charge in [-0.2, -0.15) is 0 Å². The summed E-state index contributed by atoms with van der Waals surface area (Å²) in [5.74, 6) is -0.890. The number of nitrogens with zero attached hydrogens (tertiary/aromatic N) is 1. The fraction of sp³-hybridized carbons (Fsp3) is 0.312. The number of nitrogens with one attached hydrogen (secondary N) is 1. The summed E-state index contributed by atoms with van der Waals surface area (Å²) in [6, 6.07) is 7.71. The van der Waals surface area contributed by atoms with Crippen LogP contribution in [0.25, 0.3) is 11.4 Å². The van der Waals surface area contributed by atoms with Gasteiger partial charge in [0.25, 0.3) is 5.56 Å². The second-order valence-electron chi connectivity index (χ2n) is 6.01. The lowest BCUT2D eigenvalue weighted by atomic mass is 9.87. The van der Waals surface area contributed by atoms with Gasteiger partial charge in [-0.1, -0.05) is 45.0 Å².